The first-order chi connectivity index (χ1) is 15.9. The topological polar surface area (TPSA) is 115 Å². The fourth-order valence-corrected chi connectivity index (χ4v) is 3.86. The summed E-state index contributed by atoms with van der Waals surface area (Å²) >= 11 is 1.58. The number of imidazole rings is 1. The summed E-state index contributed by atoms with van der Waals surface area (Å²) in [7, 11) is 1.66. The van der Waals surface area contributed by atoms with E-state index in [1.54, 1.807) is 37.2 Å². The van der Waals surface area contributed by atoms with Gasteiger partial charge in [0.1, 0.15) is 17.1 Å². The molecule has 0 spiro atoms. The number of thioether (sulfide) groups is 1. The third-order valence-corrected chi connectivity index (χ3v) is 5.43. The number of nitrogens with zero attached hydrogens (tertiary/aromatic N) is 3. The molecule has 2 aromatic carbocycles. The third kappa shape index (κ3) is 6.53. The smallest absolute Gasteiger partial charge is 0.414 e. The Balaban J connectivity index is 0.000000454. The maximum Gasteiger partial charge on any atom is 0.414 e. The van der Waals surface area contributed by atoms with Crippen molar-refractivity contribution in [2.75, 3.05) is 7.11 Å². The molecule has 0 bridgehead atoms. The van der Waals surface area contributed by atoms with Crippen LogP contribution in [0.5, 0.6) is 5.75 Å². The number of methoxy groups -OCH3 is 1. The Morgan fingerprint density at radius 2 is 1.76 bits per heavy atom. The fourth-order valence-electron chi connectivity index (χ4n) is 2.92. The number of carbonyl (C=O) groups is 2. The van der Waals surface area contributed by atoms with E-state index < -0.39 is 11.9 Å². The highest BCUT2D eigenvalue weighted by molar-refractivity contribution is 7.98. The van der Waals surface area contributed by atoms with Crippen LogP contribution in [-0.4, -0.2) is 43.8 Å². The molecule has 0 unspecified atom stereocenters. The van der Waals surface area contributed by atoms with Gasteiger partial charge in [-0.3, -0.25) is 4.57 Å². The van der Waals surface area contributed by atoms with Crippen molar-refractivity contribution >= 4 is 34.9 Å². The zero-order valence-electron chi connectivity index (χ0n) is 17.5. The van der Waals surface area contributed by atoms with Crippen molar-refractivity contribution in [1.82, 2.24) is 14.5 Å². The lowest BCUT2D eigenvalue weighted by Gasteiger charge is -2.10. The van der Waals surface area contributed by atoms with Gasteiger partial charge in [0, 0.05) is 11.9 Å². The van der Waals surface area contributed by atoms with Gasteiger partial charge in [0.2, 0.25) is 0 Å². The highest BCUT2D eigenvalue weighted by Crippen LogP contribution is 2.27. The van der Waals surface area contributed by atoms with Gasteiger partial charge >= 0.3 is 11.9 Å². The van der Waals surface area contributed by atoms with Gasteiger partial charge in [-0.1, -0.05) is 36.0 Å². The Bertz CT molecular complexity index is 1270. The van der Waals surface area contributed by atoms with E-state index in [0.29, 0.717) is 12.3 Å². The van der Waals surface area contributed by atoms with Crippen LogP contribution in [0.3, 0.4) is 0 Å². The number of hydrogen-bond donors (Lipinski definition) is 2. The summed E-state index contributed by atoms with van der Waals surface area (Å²) in [5.41, 5.74) is 3.71. The first-order valence-electron chi connectivity index (χ1n) is 9.65. The SMILES string of the molecule is COc1cccc(Cn2c(SCc3cccc(F)c3)nc3cccnc32)c1.O=C(O)C(=O)O. The lowest BCUT2D eigenvalue weighted by atomic mass is 10.2. The first kappa shape index (κ1) is 23.7. The van der Waals surface area contributed by atoms with Gasteiger partial charge < -0.3 is 14.9 Å². The van der Waals surface area contributed by atoms with Crippen molar-refractivity contribution in [3.8, 4) is 5.75 Å². The Morgan fingerprint density at radius 1 is 1.03 bits per heavy atom. The number of aromatic nitrogens is 3. The quantitative estimate of drug-likeness (QED) is 0.321. The Hall–Kier alpha value is -3.92. The molecule has 0 amide bonds. The summed E-state index contributed by atoms with van der Waals surface area (Å²) in [6, 6.07) is 18.5. The predicted octanol–water partition coefficient (Wildman–Crippen LogP) is 4.08. The number of aliphatic carboxylic acids is 2. The van der Waals surface area contributed by atoms with E-state index in [2.05, 4.69) is 15.6 Å². The normalized spacial score (nSPS) is 10.4. The number of halogens is 1. The van der Waals surface area contributed by atoms with E-state index >= 15 is 0 Å². The highest BCUT2D eigenvalue weighted by Gasteiger charge is 2.13. The molecule has 2 aromatic heterocycles. The molecule has 10 heteroatoms. The summed E-state index contributed by atoms with van der Waals surface area (Å²) in [6.45, 7) is 0.635. The van der Waals surface area contributed by atoms with Crippen molar-refractivity contribution in [2.45, 2.75) is 17.5 Å². The van der Waals surface area contributed by atoms with Gasteiger partial charge in [0.25, 0.3) is 0 Å². The highest BCUT2D eigenvalue weighted by atomic mass is 32.2. The van der Waals surface area contributed by atoms with E-state index in [0.717, 1.165) is 33.2 Å². The van der Waals surface area contributed by atoms with Crippen LogP contribution in [0.1, 0.15) is 11.1 Å². The minimum Gasteiger partial charge on any atom is -0.497 e. The van der Waals surface area contributed by atoms with Crippen LogP contribution in [0.25, 0.3) is 11.2 Å². The number of fused-ring (bicyclic) bond motifs is 1. The largest absolute Gasteiger partial charge is 0.497 e. The number of hydrogen-bond acceptors (Lipinski definition) is 6. The lowest BCUT2D eigenvalue weighted by Crippen LogP contribution is -2.09. The number of benzene rings is 2. The average molecular weight is 469 g/mol. The van der Waals surface area contributed by atoms with Gasteiger partial charge in [0.05, 0.1) is 13.7 Å². The number of carboxylic acid groups (broad SMARTS) is 2. The molecule has 4 rings (SSSR count). The molecular formula is C23H20FN3O5S. The number of ether oxygens (including phenoxy) is 1. The van der Waals surface area contributed by atoms with Crippen LogP contribution in [0.4, 0.5) is 4.39 Å². The Morgan fingerprint density at radius 3 is 2.45 bits per heavy atom. The second-order valence-corrected chi connectivity index (χ2v) is 7.65. The van der Waals surface area contributed by atoms with Crippen molar-refractivity contribution < 1.29 is 28.9 Å². The molecule has 4 aromatic rings. The van der Waals surface area contributed by atoms with Crippen LogP contribution in [0.2, 0.25) is 0 Å². The fraction of sp³-hybridized carbons (Fsp3) is 0.130. The molecule has 33 heavy (non-hydrogen) atoms. The second kappa shape index (κ2) is 11.1. The van der Waals surface area contributed by atoms with Gasteiger partial charge in [-0.05, 0) is 47.5 Å². The van der Waals surface area contributed by atoms with Gasteiger partial charge in [-0.2, -0.15) is 0 Å². The van der Waals surface area contributed by atoms with Crippen molar-refractivity contribution in [1.29, 1.82) is 0 Å². The molecule has 0 saturated heterocycles. The van der Waals surface area contributed by atoms with Gasteiger partial charge in [-0.15, -0.1) is 0 Å². The number of carboxylic acids is 2. The molecule has 0 saturated carbocycles. The second-order valence-electron chi connectivity index (χ2n) is 6.71. The molecule has 0 radical (unpaired) electrons. The summed E-state index contributed by atoms with van der Waals surface area (Å²) in [5.74, 6) is -2.41. The average Bonchev–Trinajstić information content (AvgIpc) is 3.15. The molecule has 0 fully saturated rings. The van der Waals surface area contributed by atoms with Crippen molar-refractivity contribution in [3.05, 3.63) is 83.8 Å². The third-order valence-electron chi connectivity index (χ3n) is 4.38. The maximum absolute atomic E-state index is 13.4. The van der Waals surface area contributed by atoms with Crippen molar-refractivity contribution in [2.24, 2.45) is 0 Å². The monoisotopic (exact) mass is 469 g/mol. The van der Waals surface area contributed by atoms with Crippen LogP contribution < -0.4 is 4.74 Å². The van der Waals surface area contributed by atoms with Crippen LogP contribution in [0.15, 0.2) is 72.0 Å². The van der Waals surface area contributed by atoms with E-state index in [4.69, 9.17) is 29.5 Å². The van der Waals surface area contributed by atoms with Crippen LogP contribution in [-0.2, 0) is 21.9 Å². The van der Waals surface area contributed by atoms with Crippen LogP contribution >= 0.6 is 11.8 Å². The lowest BCUT2D eigenvalue weighted by molar-refractivity contribution is -0.159. The summed E-state index contributed by atoms with van der Waals surface area (Å²) in [4.78, 5) is 27.4. The molecule has 170 valence electrons. The molecule has 8 nitrogen and oxygen atoms in total. The minimum absolute atomic E-state index is 0.223. The summed E-state index contributed by atoms with van der Waals surface area (Å²) < 4.78 is 20.9. The molecular weight excluding hydrogens is 449 g/mol. The maximum atomic E-state index is 13.4. The standard InChI is InChI=1S/C21H18FN3OS.C2H2O4/c1-26-18-8-3-5-15(12-18)13-25-20-19(9-4-10-23-20)24-21(25)27-14-16-6-2-7-17(22)11-16;3-1(4)2(5)6/h2-12H,13-14H2,1H3;(H,3,4)(H,5,6). The molecule has 0 aliphatic carbocycles. The first-order valence-corrected chi connectivity index (χ1v) is 10.6. The van der Waals surface area contributed by atoms with Gasteiger partial charge in [0.15, 0.2) is 10.8 Å². The number of rotatable bonds is 6. The van der Waals surface area contributed by atoms with E-state index in [1.807, 2.05) is 36.4 Å². The zero-order valence-corrected chi connectivity index (χ0v) is 18.3. The van der Waals surface area contributed by atoms with Crippen LogP contribution in [0, 0.1) is 5.82 Å². The van der Waals surface area contributed by atoms with E-state index in [1.165, 1.54) is 6.07 Å². The summed E-state index contributed by atoms with van der Waals surface area (Å²) in [5, 5.41) is 15.6. The van der Waals surface area contributed by atoms with Gasteiger partial charge in [-0.25, -0.2) is 23.9 Å². The molecule has 2 heterocycles. The molecule has 0 aliphatic rings. The zero-order chi connectivity index (χ0) is 23.8. The molecule has 0 atom stereocenters. The molecule has 0 aliphatic heterocycles. The van der Waals surface area contributed by atoms with Crippen molar-refractivity contribution in [3.63, 3.8) is 0 Å². The summed E-state index contributed by atoms with van der Waals surface area (Å²) in [6.07, 6.45) is 1.77. The number of pyridine rings is 1. The van der Waals surface area contributed by atoms with E-state index in [-0.39, 0.29) is 5.82 Å². The molecule has 2 N–H and O–H groups in total. The Labute approximate surface area is 192 Å². The Kier molecular flexibility index (Phi) is 7.98. The van der Waals surface area contributed by atoms with E-state index in [9.17, 15) is 4.39 Å². The predicted molar refractivity (Wildman–Crippen MR) is 121 cm³/mol. The minimum atomic E-state index is -1.82.